The highest BCUT2D eigenvalue weighted by Crippen LogP contribution is 2.31. The molecule has 0 radical (unpaired) electrons. The van der Waals surface area contributed by atoms with Gasteiger partial charge in [-0.05, 0) is 85.3 Å². The Kier molecular flexibility index (Phi) is 11.7. The van der Waals surface area contributed by atoms with Gasteiger partial charge in [-0.2, -0.15) is 5.10 Å². The molecule has 3 aromatic carbocycles. The van der Waals surface area contributed by atoms with Crippen LogP contribution in [0.5, 0.6) is 0 Å². The standard InChI is InChI=1S/C42H44FN9O3/c1-3-37-34(38(50-32-14-18-55-19-15-32)35-26-49-52(4-2)39(35)51-37)25-47-41(54)31-11-6-10-30(22-31)40(53)46-23-28-12-13-36(43)33(21-28)29-9-5-8-27(20-29)24-48-42-44-16-7-17-45-42/h5-13,16-17,20-22,26,32H,3-4,14-15,18-19,23-25H2,1-2H3,(H,46,53)(H,47,54)(H,50,51)(H,44,45,48). The fourth-order valence-corrected chi connectivity index (χ4v) is 6.78. The van der Waals surface area contributed by atoms with E-state index in [1.165, 1.54) is 6.07 Å². The molecule has 1 aliphatic heterocycles. The van der Waals surface area contributed by atoms with E-state index in [2.05, 4.69) is 43.3 Å². The molecule has 3 aromatic heterocycles. The molecule has 1 fully saturated rings. The average Bonchev–Trinajstić information content (AvgIpc) is 3.65. The SMILES string of the molecule is CCc1nc2c(cnn2CC)c(NC2CCOCC2)c1CNC(=O)c1cccc(C(=O)NCc2ccc(F)c(-c3cccc(CNc4ncccn4)c3)c2)c1. The summed E-state index contributed by atoms with van der Waals surface area (Å²) in [5, 5.41) is 18.4. The van der Waals surface area contributed by atoms with Crippen molar-refractivity contribution in [2.24, 2.45) is 0 Å². The number of hydrogen-bond acceptors (Lipinski definition) is 9. The summed E-state index contributed by atoms with van der Waals surface area (Å²) in [6.45, 7) is 7.07. The van der Waals surface area contributed by atoms with Gasteiger partial charge in [0.25, 0.3) is 11.8 Å². The molecular formula is C42H44FN9O3. The maximum atomic E-state index is 15.1. The van der Waals surface area contributed by atoms with Crippen molar-refractivity contribution in [1.29, 1.82) is 0 Å². The number of rotatable bonds is 14. The highest BCUT2D eigenvalue weighted by Gasteiger charge is 2.22. The molecule has 0 bridgehead atoms. The van der Waals surface area contributed by atoms with E-state index in [-0.39, 0.29) is 36.8 Å². The van der Waals surface area contributed by atoms with Crippen LogP contribution in [0, 0.1) is 5.82 Å². The van der Waals surface area contributed by atoms with Crippen molar-refractivity contribution in [3.8, 4) is 11.1 Å². The van der Waals surface area contributed by atoms with E-state index in [1.807, 2.05) is 42.1 Å². The summed E-state index contributed by atoms with van der Waals surface area (Å²) in [6, 6.07) is 21.0. The number of amides is 2. The maximum Gasteiger partial charge on any atom is 0.251 e. The Morgan fingerprint density at radius 3 is 2.33 bits per heavy atom. The number of carbonyl (C=O) groups is 2. The topological polar surface area (TPSA) is 148 Å². The quantitative estimate of drug-likeness (QED) is 0.0961. The number of aromatic nitrogens is 5. The number of benzene rings is 3. The average molecular weight is 742 g/mol. The van der Waals surface area contributed by atoms with Gasteiger partial charge < -0.3 is 26.0 Å². The van der Waals surface area contributed by atoms with Gasteiger partial charge in [0.1, 0.15) is 5.82 Å². The van der Waals surface area contributed by atoms with Crippen molar-refractivity contribution >= 4 is 34.5 Å². The Labute approximate surface area is 319 Å². The number of nitrogens with one attached hydrogen (secondary N) is 4. The van der Waals surface area contributed by atoms with Crippen LogP contribution < -0.4 is 21.3 Å². The minimum absolute atomic E-state index is 0.169. The van der Waals surface area contributed by atoms with E-state index in [4.69, 9.17) is 9.72 Å². The van der Waals surface area contributed by atoms with Crippen LogP contribution in [0.15, 0.2) is 91.4 Å². The fraction of sp³-hybridized carbons (Fsp3) is 0.286. The molecule has 2 amide bonds. The van der Waals surface area contributed by atoms with Gasteiger partial charge in [-0.3, -0.25) is 9.59 Å². The lowest BCUT2D eigenvalue weighted by atomic mass is 10.00. The number of pyridine rings is 1. The number of halogens is 1. The summed E-state index contributed by atoms with van der Waals surface area (Å²) in [4.78, 5) is 40.2. The van der Waals surface area contributed by atoms with E-state index in [0.29, 0.717) is 60.9 Å². The van der Waals surface area contributed by atoms with E-state index in [0.717, 1.165) is 51.9 Å². The van der Waals surface area contributed by atoms with Crippen LogP contribution in [-0.4, -0.2) is 55.8 Å². The number of aryl methyl sites for hydroxylation is 2. The highest BCUT2D eigenvalue weighted by atomic mass is 19.1. The number of nitrogens with zero attached hydrogens (tertiary/aromatic N) is 5. The molecule has 0 saturated carbocycles. The molecule has 6 aromatic rings. The van der Waals surface area contributed by atoms with Crippen LogP contribution in [0.25, 0.3) is 22.2 Å². The Morgan fingerprint density at radius 1 is 0.855 bits per heavy atom. The third-order valence-corrected chi connectivity index (χ3v) is 9.73. The first kappa shape index (κ1) is 37.1. The number of ether oxygens (including phenoxy) is 1. The molecule has 4 N–H and O–H groups in total. The molecular weight excluding hydrogens is 698 g/mol. The first-order valence-corrected chi connectivity index (χ1v) is 18.7. The van der Waals surface area contributed by atoms with Crippen molar-refractivity contribution in [2.75, 3.05) is 23.8 Å². The summed E-state index contributed by atoms with van der Waals surface area (Å²) in [6.07, 6.45) is 7.61. The third kappa shape index (κ3) is 8.79. The number of hydrogen-bond donors (Lipinski definition) is 4. The molecule has 0 unspecified atom stereocenters. The number of anilines is 2. The zero-order valence-corrected chi connectivity index (χ0v) is 30.9. The van der Waals surface area contributed by atoms with Crippen LogP contribution in [0.2, 0.25) is 0 Å². The molecule has 0 spiro atoms. The highest BCUT2D eigenvalue weighted by molar-refractivity contribution is 6.00. The molecule has 0 aliphatic carbocycles. The molecule has 55 heavy (non-hydrogen) atoms. The van der Waals surface area contributed by atoms with Gasteiger partial charge in [-0.15, -0.1) is 0 Å². The van der Waals surface area contributed by atoms with Crippen LogP contribution in [0.4, 0.5) is 16.0 Å². The zero-order chi connectivity index (χ0) is 38.1. The number of carbonyl (C=O) groups excluding carboxylic acids is 2. The molecule has 13 heteroatoms. The summed E-state index contributed by atoms with van der Waals surface area (Å²) < 4.78 is 22.5. The van der Waals surface area contributed by atoms with E-state index < -0.39 is 0 Å². The van der Waals surface area contributed by atoms with Crippen molar-refractivity contribution in [3.05, 3.63) is 131 Å². The van der Waals surface area contributed by atoms with Crippen molar-refractivity contribution in [1.82, 2.24) is 35.4 Å². The fourth-order valence-electron chi connectivity index (χ4n) is 6.78. The molecule has 4 heterocycles. The Balaban J connectivity index is 1.02. The van der Waals surface area contributed by atoms with Crippen molar-refractivity contribution < 1.29 is 18.7 Å². The van der Waals surface area contributed by atoms with Crippen LogP contribution in [-0.2, 0) is 37.3 Å². The van der Waals surface area contributed by atoms with Crippen LogP contribution >= 0.6 is 0 Å². The van der Waals surface area contributed by atoms with Gasteiger partial charge in [0.15, 0.2) is 5.65 Å². The van der Waals surface area contributed by atoms with Crippen LogP contribution in [0.1, 0.15) is 69.8 Å². The Bertz CT molecular complexity index is 2290. The predicted molar refractivity (Wildman–Crippen MR) is 210 cm³/mol. The van der Waals surface area contributed by atoms with Gasteiger partial charge in [-0.1, -0.05) is 37.3 Å². The smallest absolute Gasteiger partial charge is 0.251 e. The van der Waals surface area contributed by atoms with E-state index in [1.54, 1.807) is 54.9 Å². The lowest BCUT2D eigenvalue weighted by Crippen LogP contribution is -2.30. The van der Waals surface area contributed by atoms with Gasteiger partial charge in [0.2, 0.25) is 5.95 Å². The largest absolute Gasteiger partial charge is 0.381 e. The van der Waals surface area contributed by atoms with Crippen molar-refractivity contribution in [2.45, 2.75) is 65.3 Å². The molecule has 12 nitrogen and oxygen atoms in total. The minimum Gasteiger partial charge on any atom is -0.381 e. The molecule has 1 aliphatic rings. The monoisotopic (exact) mass is 741 g/mol. The summed E-state index contributed by atoms with van der Waals surface area (Å²) in [5.74, 6) is -0.520. The predicted octanol–water partition coefficient (Wildman–Crippen LogP) is 6.67. The Morgan fingerprint density at radius 2 is 1.58 bits per heavy atom. The van der Waals surface area contributed by atoms with Crippen molar-refractivity contribution in [3.63, 3.8) is 0 Å². The molecule has 282 valence electrons. The third-order valence-electron chi connectivity index (χ3n) is 9.73. The molecule has 1 saturated heterocycles. The van der Waals surface area contributed by atoms with Crippen LogP contribution in [0.3, 0.4) is 0 Å². The van der Waals surface area contributed by atoms with E-state index >= 15 is 4.39 Å². The summed E-state index contributed by atoms with van der Waals surface area (Å²) >= 11 is 0. The van der Waals surface area contributed by atoms with Gasteiger partial charge in [-0.25, -0.2) is 24.0 Å². The summed E-state index contributed by atoms with van der Waals surface area (Å²) in [5.41, 5.74) is 7.05. The number of fused-ring (bicyclic) bond motifs is 1. The van der Waals surface area contributed by atoms with Gasteiger partial charge in [0, 0.05) is 85.8 Å². The normalized spacial score (nSPS) is 13.1. The first-order chi connectivity index (χ1) is 26.9. The van der Waals surface area contributed by atoms with Gasteiger partial charge >= 0.3 is 0 Å². The second-order valence-corrected chi connectivity index (χ2v) is 13.4. The first-order valence-electron chi connectivity index (χ1n) is 18.7. The zero-order valence-electron chi connectivity index (χ0n) is 30.9. The minimum atomic E-state index is -0.366. The second kappa shape index (κ2) is 17.3. The van der Waals surface area contributed by atoms with E-state index in [9.17, 15) is 9.59 Å². The lowest BCUT2D eigenvalue weighted by molar-refractivity contribution is 0.0904. The maximum absolute atomic E-state index is 15.1. The lowest BCUT2D eigenvalue weighted by Gasteiger charge is -2.26. The summed E-state index contributed by atoms with van der Waals surface area (Å²) in [7, 11) is 0. The van der Waals surface area contributed by atoms with Gasteiger partial charge in [0.05, 0.1) is 17.3 Å². The second-order valence-electron chi connectivity index (χ2n) is 13.4. The molecule has 0 atom stereocenters. The Hall–Kier alpha value is -6.21. The molecule has 7 rings (SSSR count).